The highest BCUT2D eigenvalue weighted by Crippen LogP contribution is 2.60. The first-order chi connectivity index (χ1) is 14.6. The molecule has 0 aliphatic carbocycles. The molecule has 0 saturated heterocycles. The minimum Gasteiger partial charge on any atom is -0.212 e. The van der Waals surface area contributed by atoms with E-state index in [0.29, 0.717) is 0 Å². The molecule has 0 aliphatic heterocycles. The molecule has 166 valence electrons. The van der Waals surface area contributed by atoms with Crippen molar-refractivity contribution in [1.82, 2.24) is 0 Å². The molecule has 0 unspecified atom stereocenters. The minimum atomic E-state index is -5.79. The summed E-state index contributed by atoms with van der Waals surface area (Å²) in [6, 6.07) is 25.1. The number of aryl methyl sites for hydroxylation is 1. The number of hydrogen-bond donors (Lipinski definition) is 0. The number of alkyl halides is 3. The summed E-state index contributed by atoms with van der Waals surface area (Å²) < 4.78 is 69.5. The van der Waals surface area contributed by atoms with Crippen LogP contribution in [0.15, 0.2) is 84.9 Å². The molecule has 3 aromatic rings. The van der Waals surface area contributed by atoms with Crippen LogP contribution in [0.1, 0.15) is 22.3 Å². The van der Waals surface area contributed by atoms with Gasteiger partial charge in [0, 0.05) is 17.3 Å². The first kappa shape index (κ1) is 23.4. The molecule has 0 aliphatic rings. The van der Waals surface area contributed by atoms with Crippen molar-refractivity contribution < 1.29 is 25.2 Å². The van der Waals surface area contributed by atoms with Crippen molar-refractivity contribution in [1.29, 1.82) is 0 Å². The van der Waals surface area contributed by atoms with Gasteiger partial charge in [-0.1, -0.05) is 90.5 Å². The quantitative estimate of drug-likeness (QED) is 0.355. The van der Waals surface area contributed by atoms with Gasteiger partial charge in [-0.05, 0) is 23.6 Å². The van der Waals surface area contributed by atoms with E-state index in [1.54, 1.807) is 72.8 Å². The molecule has 0 atom stereocenters. The van der Waals surface area contributed by atoms with Gasteiger partial charge in [0.15, 0.2) is 0 Å². The fourth-order valence-corrected chi connectivity index (χ4v) is 8.31. The van der Waals surface area contributed by atoms with Crippen molar-refractivity contribution in [3.63, 3.8) is 0 Å². The fourth-order valence-electron chi connectivity index (χ4n) is 3.20. The second-order valence-corrected chi connectivity index (χ2v) is 12.0. The Labute approximate surface area is 182 Å². The third-order valence-corrected chi connectivity index (χ3v) is 9.63. The van der Waals surface area contributed by atoms with Crippen LogP contribution in [-0.4, -0.2) is 13.9 Å². The first-order valence-corrected chi connectivity index (χ1v) is 13.0. The van der Waals surface area contributed by atoms with Crippen LogP contribution < -0.4 is 0 Å². The van der Waals surface area contributed by atoms with Crippen LogP contribution >= 0.6 is 10.3 Å². The van der Waals surface area contributed by atoms with Gasteiger partial charge in [0.2, 0.25) is 0 Å². The largest absolute Gasteiger partial charge is 0.523 e. The Morgan fingerprint density at radius 3 is 1.45 bits per heavy atom. The van der Waals surface area contributed by atoms with Crippen LogP contribution in [0.25, 0.3) is 0 Å². The summed E-state index contributed by atoms with van der Waals surface area (Å²) in [5.41, 5.74) is -2.33. The molecule has 0 amide bonds. The van der Waals surface area contributed by atoms with Gasteiger partial charge in [-0.3, -0.25) is 0 Å². The summed E-state index contributed by atoms with van der Waals surface area (Å²) >= 11 is 0. The molecule has 0 bridgehead atoms. The molecule has 0 aromatic heterocycles. The zero-order chi connectivity index (χ0) is 22.5. The highest BCUT2D eigenvalue weighted by molar-refractivity contribution is 8.31. The second-order valence-electron chi connectivity index (χ2n) is 7.32. The number of halogens is 3. The van der Waals surface area contributed by atoms with Gasteiger partial charge in [-0.15, -0.1) is 10.3 Å². The molecule has 0 fully saturated rings. The van der Waals surface area contributed by atoms with E-state index < -0.39 is 25.9 Å². The Hall–Kier alpha value is -2.29. The lowest BCUT2D eigenvalue weighted by Gasteiger charge is -2.39. The maximum atomic E-state index is 13.3. The predicted molar refractivity (Wildman–Crippen MR) is 119 cm³/mol. The van der Waals surface area contributed by atoms with E-state index in [4.69, 9.17) is 3.63 Å². The zero-order valence-electron chi connectivity index (χ0n) is 16.9. The molecular weight excluding hydrogens is 445 g/mol. The lowest BCUT2D eigenvalue weighted by atomic mass is 10.2. The topological polar surface area (TPSA) is 43.4 Å². The molecule has 8 heteroatoms. The summed E-state index contributed by atoms with van der Waals surface area (Å²) in [6.07, 6.45) is 0. The third kappa shape index (κ3) is 6.35. The highest BCUT2D eigenvalue weighted by Gasteiger charge is 2.51. The summed E-state index contributed by atoms with van der Waals surface area (Å²) in [4.78, 5) is 0. The van der Waals surface area contributed by atoms with Crippen molar-refractivity contribution >= 4 is 20.4 Å². The molecule has 0 heterocycles. The van der Waals surface area contributed by atoms with Crippen LogP contribution in [0.2, 0.25) is 0 Å². The van der Waals surface area contributed by atoms with E-state index in [1.807, 2.05) is 19.1 Å². The maximum absolute atomic E-state index is 13.3. The monoisotopic (exact) mass is 468 g/mol. The van der Waals surface area contributed by atoms with Crippen molar-refractivity contribution in [3.8, 4) is 0 Å². The first-order valence-electron chi connectivity index (χ1n) is 9.51. The van der Waals surface area contributed by atoms with Gasteiger partial charge in [0.25, 0.3) is 0 Å². The van der Waals surface area contributed by atoms with Crippen LogP contribution in [0.3, 0.4) is 0 Å². The SMILES string of the molecule is Cc1ccc(CS(Cc2ccccc2)(Cc2ccccc2)OS(=O)(=O)C(F)(F)F)cc1. The molecular formula is C23H23F3O3S2. The second kappa shape index (κ2) is 9.46. The Morgan fingerprint density at radius 1 is 0.677 bits per heavy atom. The lowest BCUT2D eigenvalue weighted by molar-refractivity contribution is -0.0496. The smallest absolute Gasteiger partial charge is 0.212 e. The molecule has 3 nitrogen and oxygen atoms in total. The standard InChI is InChI=1S/C23H23F3O3S2/c1-19-12-14-22(15-13-19)18-30(16-20-8-4-2-5-9-20,17-21-10-6-3-7-11-21)29-31(27,28)23(24,25)26/h2-15H,16-18H2,1H3. The normalized spacial score (nSPS) is 13.2. The average molecular weight is 469 g/mol. The molecule has 3 rings (SSSR count). The zero-order valence-corrected chi connectivity index (χ0v) is 18.5. The van der Waals surface area contributed by atoms with E-state index >= 15 is 0 Å². The van der Waals surface area contributed by atoms with Gasteiger partial charge < -0.3 is 0 Å². The molecule has 0 spiro atoms. The van der Waals surface area contributed by atoms with E-state index in [-0.39, 0.29) is 17.3 Å². The summed E-state index contributed by atoms with van der Waals surface area (Å²) in [5, 5.41) is 0. The Kier molecular flexibility index (Phi) is 7.13. The van der Waals surface area contributed by atoms with Crippen molar-refractivity contribution in [2.24, 2.45) is 0 Å². The lowest BCUT2D eigenvalue weighted by Crippen LogP contribution is -2.29. The molecule has 0 saturated carbocycles. The van der Waals surface area contributed by atoms with Crippen molar-refractivity contribution in [2.45, 2.75) is 29.7 Å². The molecule has 0 radical (unpaired) electrons. The summed E-state index contributed by atoms with van der Waals surface area (Å²) in [5.74, 6) is 0.226. The predicted octanol–water partition coefficient (Wildman–Crippen LogP) is 6.48. The van der Waals surface area contributed by atoms with E-state index in [0.717, 1.165) is 22.3 Å². The Balaban J connectivity index is 2.10. The van der Waals surface area contributed by atoms with Gasteiger partial charge in [0.05, 0.1) is 0 Å². The number of benzene rings is 3. The number of rotatable bonds is 8. The summed E-state index contributed by atoms with van der Waals surface area (Å²) in [6.45, 7) is 1.91. The minimum absolute atomic E-state index is 0.0753. The Bertz CT molecular complexity index is 1040. The molecule has 31 heavy (non-hydrogen) atoms. The van der Waals surface area contributed by atoms with Crippen LogP contribution in [0.4, 0.5) is 13.2 Å². The van der Waals surface area contributed by atoms with Crippen LogP contribution in [0, 0.1) is 6.92 Å². The fraction of sp³-hybridized carbons (Fsp3) is 0.217. The van der Waals surface area contributed by atoms with Crippen LogP contribution in [0.5, 0.6) is 0 Å². The summed E-state index contributed by atoms with van der Waals surface area (Å²) in [7, 11) is -8.60. The van der Waals surface area contributed by atoms with Gasteiger partial charge in [-0.25, -0.2) is 3.63 Å². The van der Waals surface area contributed by atoms with Crippen LogP contribution in [-0.2, 0) is 31.0 Å². The average Bonchev–Trinajstić information content (AvgIpc) is 2.70. The highest BCUT2D eigenvalue weighted by atomic mass is 32.3. The molecule has 3 aromatic carbocycles. The van der Waals surface area contributed by atoms with Gasteiger partial charge in [-0.2, -0.15) is 21.6 Å². The van der Waals surface area contributed by atoms with E-state index in [2.05, 4.69) is 0 Å². The number of hydrogen-bond acceptors (Lipinski definition) is 3. The third-order valence-electron chi connectivity index (χ3n) is 4.61. The van der Waals surface area contributed by atoms with Crippen molar-refractivity contribution in [3.05, 3.63) is 107 Å². The van der Waals surface area contributed by atoms with Gasteiger partial charge in [0.1, 0.15) is 0 Å². The van der Waals surface area contributed by atoms with E-state index in [1.165, 1.54) is 0 Å². The van der Waals surface area contributed by atoms with Crippen molar-refractivity contribution in [2.75, 3.05) is 0 Å². The van der Waals surface area contributed by atoms with Gasteiger partial charge >= 0.3 is 15.6 Å². The Morgan fingerprint density at radius 2 is 1.06 bits per heavy atom. The molecule has 0 N–H and O–H groups in total. The van der Waals surface area contributed by atoms with E-state index in [9.17, 15) is 21.6 Å². The maximum Gasteiger partial charge on any atom is 0.523 e.